The van der Waals surface area contributed by atoms with E-state index in [1.54, 1.807) is 0 Å². The predicted molar refractivity (Wildman–Crippen MR) is 80.7 cm³/mol. The maximum atomic E-state index is 5.60. The lowest BCUT2D eigenvalue weighted by atomic mass is 10.1. The summed E-state index contributed by atoms with van der Waals surface area (Å²) >= 11 is 3.89. The summed E-state index contributed by atoms with van der Waals surface area (Å²) in [5.41, 5.74) is 1.50. The molecule has 1 aliphatic heterocycles. The van der Waals surface area contributed by atoms with Gasteiger partial charge in [0.2, 0.25) is 0 Å². The minimum Gasteiger partial charge on any atom is -0.380 e. The van der Waals surface area contributed by atoms with E-state index in [0.717, 1.165) is 25.0 Å². The number of hydrogen-bond acceptors (Lipinski definition) is 4. The third-order valence-corrected chi connectivity index (χ3v) is 5.53. The number of nitrogens with one attached hydrogen (secondary N) is 1. The topological polar surface area (TPSA) is 21.3 Å². The van der Waals surface area contributed by atoms with Crippen molar-refractivity contribution in [3.63, 3.8) is 0 Å². The standard InChI is InChI=1S/C14H23NOS2/c1-3-4-7-16-8-6-15-13-10-11(2)18-14-12(13)5-9-17-14/h5,9,11,13,15H,3-4,6-8,10H2,1-2H3/t11-,13?/m0/s1. The normalized spacial score (nSPS) is 23.0. The molecule has 0 bridgehead atoms. The molecule has 18 heavy (non-hydrogen) atoms. The molecular formula is C14H23NOS2. The Balaban J connectivity index is 1.73. The molecule has 4 heteroatoms. The Morgan fingerprint density at radius 2 is 2.33 bits per heavy atom. The Hall–Kier alpha value is -0.0300. The van der Waals surface area contributed by atoms with Gasteiger partial charge in [0.05, 0.1) is 10.8 Å². The fraction of sp³-hybridized carbons (Fsp3) is 0.714. The first-order valence-electron chi connectivity index (χ1n) is 6.86. The number of thiophene rings is 1. The third kappa shape index (κ3) is 3.98. The minimum absolute atomic E-state index is 0.525. The van der Waals surface area contributed by atoms with Crippen molar-refractivity contribution in [1.29, 1.82) is 0 Å². The molecule has 1 unspecified atom stereocenters. The second-order valence-corrected chi connectivity index (χ2v) is 7.42. The monoisotopic (exact) mass is 285 g/mol. The quantitative estimate of drug-likeness (QED) is 0.763. The highest BCUT2D eigenvalue weighted by Gasteiger charge is 2.25. The molecule has 0 amide bonds. The summed E-state index contributed by atoms with van der Waals surface area (Å²) in [6, 6.07) is 2.80. The van der Waals surface area contributed by atoms with Crippen LogP contribution in [0.2, 0.25) is 0 Å². The lowest BCUT2D eigenvalue weighted by Crippen LogP contribution is -2.29. The first kappa shape index (κ1) is 14.4. The second-order valence-electron chi connectivity index (χ2n) is 4.80. The van der Waals surface area contributed by atoms with E-state index in [-0.39, 0.29) is 0 Å². The summed E-state index contributed by atoms with van der Waals surface area (Å²) in [4.78, 5) is 0. The summed E-state index contributed by atoms with van der Waals surface area (Å²) in [7, 11) is 0. The zero-order chi connectivity index (χ0) is 12.8. The average Bonchev–Trinajstić information content (AvgIpc) is 2.81. The van der Waals surface area contributed by atoms with E-state index in [0.29, 0.717) is 6.04 Å². The van der Waals surface area contributed by atoms with Gasteiger partial charge in [-0.2, -0.15) is 0 Å². The van der Waals surface area contributed by atoms with Gasteiger partial charge in [0.25, 0.3) is 0 Å². The first-order valence-corrected chi connectivity index (χ1v) is 8.62. The van der Waals surface area contributed by atoms with Gasteiger partial charge in [0, 0.05) is 24.4 Å². The highest BCUT2D eigenvalue weighted by molar-refractivity contribution is 8.01. The molecule has 2 heterocycles. The van der Waals surface area contributed by atoms with Crippen molar-refractivity contribution in [1.82, 2.24) is 5.32 Å². The van der Waals surface area contributed by atoms with E-state index in [1.807, 2.05) is 23.1 Å². The molecule has 0 aromatic carbocycles. The molecule has 0 saturated carbocycles. The summed E-state index contributed by atoms with van der Waals surface area (Å²) < 4.78 is 7.09. The zero-order valence-electron chi connectivity index (χ0n) is 11.3. The molecular weight excluding hydrogens is 262 g/mol. The molecule has 0 radical (unpaired) electrons. The largest absolute Gasteiger partial charge is 0.380 e. The van der Waals surface area contributed by atoms with Crippen LogP contribution in [0.4, 0.5) is 0 Å². The molecule has 1 aromatic rings. The molecule has 0 fully saturated rings. The van der Waals surface area contributed by atoms with Gasteiger partial charge in [-0.05, 0) is 29.9 Å². The first-order chi connectivity index (χ1) is 8.81. The van der Waals surface area contributed by atoms with E-state index in [4.69, 9.17) is 4.74 Å². The molecule has 1 aliphatic rings. The van der Waals surface area contributed by atoms with E-state index < -0.39 is 0 Å². The van der Waals surface area contributed by atoms with Crippen LogP contribution in [0.15, 0.2) is 15.7 Å². The van der Waals surface area contributed by atoms with Crippen molar-refractivity contribution in [2.24, 2.45) is 0 Å². The van der Waals surface area contributed by atoms with Gasteiger partial charge < -0.3 is 10.1 Å². The van der Waals surface area contributed by atoms with Crippen molar-refractivity contribution in [2.45, 2.75) is 48.6 Å². The van der Waals surface area contributed by atoms with Crippen LogP contribution in [0.25, 0.3) is 0 Å². The molecule has 102 valence electrons. The van der Waals surface area contributed by atoms with Gasteiger partial charge in [0.15, 0.2) is 0 Å². The van der Waals surface area contributed by atoms with Gasteiger partial charge in [-0.15, -0.1) is 23.1 Å². The highest BCUT2D eigenvalue weighted by Crippen LogP contribution is 2.43. The Labute approximate surface area is 119 Å². The van der Waals surface area contributed by atoms with E-state index in [2.05, 4.69) is 30.6 Å². The molecule has 2 rings (SSSR count). The van der Waals surface area contributed by atoms with Crippen molar-refractivity contribution in [2.75, 3.05) is 19.8 Å². The number of hydrogen-bond donors (Lipinski definition) is 1. The van der Waals surface area contributed by atoms with E-state index in [1.165, 1.54) is 29.0 Å². The van der Waals surface area contributed by atoms with Crippen LogP contribution in [0.5, 0.6) is 0 Å². The number of fused-ring (bicyclic) bond motifs is 1. The highest BCUT2D eigenvalue weighted by atomic mass is 32.2. The molecule has 0 aliphatic carbocycles. The fourth-order valence-electron chi connectivity index (χ4n) is 2.20. The molecule has 1 aromatic heterocycles. The summed E-state index contributed by atoms with van der Waals surface area (Å²) in [5.74, 6) is 0. The smallest absolute Gasteiger partial charge is 0.0649 e. The lowest BCUT2D eigenvalue weighted by molar-refractivity contribution is 0.130. The fourth-order valence-corrected chi connectivity index (χ4v) is 4.76. The maximum Gasteiger partial charge on any atom is 0.0649 e. The van der Waals surface area contributed by atoms with Gasteiger partial charge in [-0.1, -0.05) is 20.3 Å². The van der Waals surface area contributed by atoms with Gasteiger partial charge in [-0.3, -0.25) is 0 Å². The Morgan fingerprint density at radius 3 is 3.17 bits per heavy atom. The summed E-state index contributed by atoms with van der Waals surface area (Å²) in [5, 5.41) is 6.57. The van der Waals surface area contributed by atoms with Crippen LogP contribution in [0.3, 0.4) is 0 Å². The van der Waals surface area contributed by atoms with Crippen molar-refractivity contribution >= 4 is 23.1 Å². The number of rotatable bonds is 7. The zero-order valence-corrected chi connectivity index (χ0v) is 12.9. The van der Waals surface area contributed by atoms with E-state index in [9.17, 15) is 0 Å². The molecule has 0 saturated heterocycles. The molecule has 2 nitrogen and oxygen atoms in total. The number of thioether (sulfide) groups is 1. The average molecular weight is 285 g/mol. The van der Waals surface area contributed by atoms with Gasteiger partial charge >= 0.3 is 0 Å². The third-order valence-electron chi connectivity index (χ3n) is 3.19. The lowest BCUT2D eigenvalue weighted by Gasteiger charge is -2.27. The van der Waals surface area contributed by atoms with Crippen LogP contribution in [-0.2, 0) is 4.74 Å². The maximum absolute atomic E-state index is 5.60. The van der Waals surface area contributed by atoms with Gasteiger partial charge in [0.1, 0.15) is 0 Å². The minimum atomic E-state index is 0.525. The SMILES string of the molecule is CCCCOCCNC1C[C@H](C)Sc2sccc21. The van der Waals surface area contributed by atoms with Crippen LogP contribution in [0.1, 0.15) is 44.7 Å². The number of ether oxygens (including phenoxy) is 1. The van der Waals surface area contributed by atoms with Crippen molar-refractivity contribution in [3.05, 3.63) is 17.0 Å². The van der Waals surface area contributed by atoms with Crippen molar-refractivity contribution in [3.8, 4) is 0 Å². The van der Waals surface area contributed by atoms with Crippen LogP contribution in [-0.4, -0.2) is 25.0 Å². The number of unbranched alkanes of at least 4 members (excludes halogenated alkanes) is 1. The molecule has 0 spiro atoms. The summed E-state index contributed by atoms with van der Waals surface area (Å²) in [6.45, 7) is 7.21. The van der Waals surface area contributed by atoms with Crippen molar-refractivity contribution < 1.29 is 4.74 Å². The molecule has 1 N–H and O–H groups in total. The Morgan fingerprint density at radius 1 is 1.44 bits per heavy atom. The van der Waals surface area contributed by atoms with Crippen LogP contribution >= 0.6 is 23.1 Å². The van der Waals surface area contributed by atoms with Crippen LogP contribution < -0.4 is 5.32 Å². The predicted octanol–water partition coefficient (Wildman–Crippen LogP) is 4.08. The van der Waals surface area contributed by atoms with E-state index >= 15 is 0 Å². The molecule has 2 atom stereocenters. The Kier molecular flexibility index (Phi) is 6.02. The second kappa shape index (κ2) is 7.53. The van der Waals surface area contributed by atoms with Gasteiger partial charge in [-0.25, -0.2) is 0 Å². The van der Waals surface area contributed by atoms with Crippen LogP contribution in [0, 0.1) is 0 Å². The summed E-state index contributed by atoms with van der Waals surface area (Å²) in [6.07, 6.45) is 3.61. The Bertz CT molecular complexity index is 353.